The molecular formula is C18H12ClN3O5S. The molecule has 0 unspecified atom stereocenters. The quantitative estimate of drug-likeness (QED) is 0.200. The Morgan fingerprint density at radius 3 is 2.75 bits per heavy atom. The van der Waals surface area contributed by atoms with Gasteiger partial charge in [0.1, 0.15) is 22.1 Å². The molecular weight excluding hydrogens is 406 g/mol. The normalized spacial score (nSPS) is 15.7. The average molecular weight is 418 g/mol. The van der Waals surface area contributed by atoms with Crippen LogP contribution in [0.2, 0.25) is 5.02 Å². The summed E-state index contributed by atoms with van der Waals surface area (Å²) in [5.74, 6) is -0.685. The molecule has 0 aliphatic carbocycles. The lowest BCUT2D eigenvalue weighted by Crippen LogP contribution is -2.53. The van der Waals surface area contributed by atoms with Crippen molar-refractivity contribution >= 4 is 52.5 Å². The van der Waals surface area contributed by atoms with Gasteiger partial charge < -0.3 is 4.42 Å². The number of rotatable bonds is 5. The maximum absolute atomic E-state index is 12.5. The second-order valence-electron chi connectivity index (χ2n) is 5.65. The Morgan fingerprint density at radius 1 is 1.32 bits per heavy atom. The summed E-state index contributed by atoms with van der Waals surface area (Å²) >= 11 is 10.8. The van der Waals surface area contributed by atoms with Gasteiger partial charge in [-0.1, -0.05) is 17.7 Å². The number of hydrogen-bond donors (Lipinski definition) is 1. The van der Waals surface area contributed by atoms with E-state index in [1.807, 2.05) is 0 Å². The highest BCUT2D eigenvalue weighted by Gasteiger charge is 2.32. The molecule has 0 saturated carbocycles. The Labute approximate surface area is 169 Å². The molecule has 0 atom stereocenters. The Bertz CT molecular complexity index is 1060. The number of nitrogens with zero attached hydrogens (tertiary/aromatic N) is 2. The monoisotopic (exact) mass is 417 g/mol. The molecule has 2 aromatic rings. The summed E-state index contributed by atoms with van der Waals surface area (Å²) in [5, 5.41) is 13.5. The molecule has 1 aliphatic heterocycles. The maximum atomic E-state index is 12.5. The van der Waals surface area contributed by atoms with E-state index in [4.69, 9.17) is 28.2 Å². The second-order valence-corrected chi connectivity index (χ2v) is 6.44. The van der Waals surface area contributed by atoms with Gasteiger partial charge in [-0.2, -0.15) is 0 Å². The molecule has 8 nitrogen and oxygen atoms in total. The van der Waals surface area contributed by atoms with Crippen LogP contribution in [0, 0.1) is 10.1 Å². The van der Waals surface area contributed by atoms with Crippen molar-refractivity contribution < 1.29 is 18.9 Å². The lowest BCUT2D eigenvalue weighted by molar-refractivity contribution is -0.384. The van der Waals surface area contributed by atoms with Gasteiger partial charge in [0.2, 0.25) is 0 Å². The second kappa shape index (κ2) is 7.75. The number of halogens is 1. The number of furan rings is 1. The summed E-state index contributed by atoms with van der Waals surface area (Å²) in [5.41, 5.74) is 0.0129. The molecule has 1 N–H and O–H groups in total. The zero-order chi connectivity index (χ0) is 20.4. The van der Waals surface area contributed by atoms with E-state index in [1.54, 1.807) is 12.1 Å². The third-order valence-electron chi connectivity index (χ3n) is 3.84. The number of benzene rings is 1. The van der Waals surface area contributed by atoms with Gasteiger partial charge >= 0.3 is 0 Å². The summed E-state index contributed by atoms with van der Waals surface area (Å²) in [6, 6.07) is 7.33. The molecule has 142 valence electrons. The van der Waals surface area contributed by atoms with Crippen molar-refractivity contribution in [3.05, 3.63) is 69.5 Å². The average Bonchev–Trinajstić information content (AvgIpc) is 3.11. The van der Waals surface area contributed by atoms with Crippen molar-refractivity contribution in [2.45, 2.75) is 0 Å². The van der Waals surface area contributed by atoms with Crippen molar-refractivity contribution in [3.8, 4) is 11.3 Å². The standard InChI is InChI=1S/C18H12ClN3O5S/c1-2-7-21-17(24)12(16(23)20-18(21)28)9-11-4-6-15(27-11)10-3-5-13(19)14(8-10)22(25)26/h2-6,8-9H,1,7H2,(H,20,23,28)/b12-9-. The summed E-state index contributed by atoms with van der Waals surface area (Å²) in [7, 11) is 0. The molecule has 1 fully saturated rings. The van der Waals surface area contributed by atoms with Crippen molar-refractivity contribution in [1.29, 1.82) is 0 Å². The van der Waals surface area contributed by atoms with Crippen LogP contribution in [0.25, 0.3) is 17.4 Å². The largest absolute Gasteiger partial charge is 0.457 e. The van der Waals surface area contributed by atoms with Gasteiger partial charge in [0.25, 0.3) is 17.5 Å². The first-order valence-corrected chi connectivity index (χ1v) is 8.64. The molecule has 1 aliphatic rings. The van der Waals surface area contributed by atoms with Crippen LogP contribution in [0.1, 0.15) is 5.76 Å². The van der Waals surface area contributed by atoms with Gasteiger partial charge in [-0.3, -0.25) is 29.9 Å². The number of nitro groups is 1. The molecule has 2 heterocycles. The summed E-state index contributed by atoms with van der Waals surface area (Å²) in [4.78, 5) is 36.3. The fourth-order valence-corrected chi connectivity index (χ4v) is 2.96. The van der Waals surface area contributed by atoms with Crippen molar-refractivity contribution in [2.75, 3.05) is 6.54 Å². The molecule has 10 heteroatoms. The number of nitrogens with one attached hydrogen (secondary N) is 1. The van der Waals surface area contributed by atoms with Crippen LogP contribution in [-0.2, 0) is 9.59 Å². The SMILES string of the molecule is C=CCN1C(=O)/C(=C\c2ccc(-c3ccc(Cl)c([N+](=O)[O-])c3)o2)C(=O)NC1=S. The van der Waals surface area contributed by atoms with E-state index >= 15 is 0 Å². The summed E-state index contributed by atoms with van der Waals surface area (Å²) < 4.78 is 5.62. The van der Waals surface area contributed by atoms with Crippen LogP contribution in [-0.4, -0.2) is 33.3 Å². The number of hydrogen-bond acceptors (Lipinski definition) is 6. The van der Waals surface area contributed by atoms with Gasteiger partial charge in [-0.15, -0.1) is 6.58 Å². The Balaban J connectivity index is 1.94. The van der Waals surface area contributed by atoms with Crippen LogP contribution in [0.3, 0.4) is 0 Å². The minimum atomic E-state index is -0.643. The molecule has 2 amide bonds. The lowest BCUT2D eigenvalue weighted by Gasteiger charge is -2.27. The fraction of sp³-hybridized carbons (Fsp3) is 0.0556. The first kappa shape index (κ1) is 19.5. The van der Waals surface area contributed by atoms with Crippen LogP contribution in [0.15, 0.2) is 53.0 Å². The zero-order valence-electron chi connectivity index (χ0n) is 14.2. The van der Waals surface area contributed by atoms with Crippen molar-refractivity contribution in [1.82, 2.24) is 10.2 Å². The molecule has 1 aromatic heterocycles. The number of thiocarbonyl (C=S) groups is 1. The minimum absolute atomic E-state index is 0.000609. The van der Waals surface area contributed by atoms with Crippen molar-refractivity contribution in [2.24, 2.45) is 0 Å². The van der Waals surface area contributed by atoms with Crippen LogP contribution in [0.5, 0.6) is 0 Å². The van der Waals surface area contributed by atoms with E-state index in [1.165, 1.54) is 35.3 Å². The molecule has 1 saturated heterocycles. The van der Waals surface area contributed by atoms with E-state index in [9.17, 15) is 19.7 Å². The smallest absolute Gasteiger partial charge is 0.288 e. The molecule has 0 bridgehead atoms. The highest BCUT2D eigenvalue weighted by Crippen LogP contribution is 2.31. The summed E-state index contributed by atoms with van der Waals surface area (Å²) in [6.07, 6.45) is 2.76. The predicted octanol–water partition coefficient (Wildman–Crippen LogP) is 3.32. The molecule has 3 rings (SSSR count). The van der Waals surface area contributed by atoms with E-state index in [2.05, 4.69) is 11.9 Å². The van der Waals surface area contributed by atoms with Gasteiger partial charge in [-0.25, -0.2) is 0 Å². The van der Waals surface area contributed by atoms with Crippen LogP contribution in [0.4, 0.5) is 5.69 Å². The van der Waals surface area contributed by atoms with Gasteiger partial charge in [0.15, 0.2) is 5.11 Å². The van der Waals surface area contributed by atoms with Gasteiger partial charge in [0.05, 0.1) is 4.92 Å². The molecule has 28 heavy (non-hydrogen) atoms. The minimum Gasteiger partial charge on any atom is -0.457 e. The fourth-order valence-electron chi connectivity index (χ4n) is 2.52. The Kier molecular flexibility index (Phi) is 5.39. The van der Waals surface area contributed by atoms with E-state index < -0.39 is 16.7 Å². The number of amides is 2. The number of carbonyl (C=O) groups excluding carboxylic acids is 2. The molecule has 1 aromatic carbocycles. The molecule has 0 spiro atoms. The van der Waals surface area contributed by atoms with Gasteiger partial charge in [0, 0.05) is 18.2 Å². The zero-order valence-corrected chi connectivity index (χ0v) is 15.7. The first-order valence-electron chi connectivity index (χ1n) is 7.85. The first-order chi connectivity index (χ1) is 13.3. The van der Waals surface area contributed by atoms with Crippen LogP contribution >= 0.6 is 23.8 Å². The Morgan fingerprint density at radius 2 is 2.07 bits per heavy atom. The number of nitro benzene ring substituents is 1. The topological polar surface area (TPSA) is 106 Å². The summed E-state index contributed by atoms with van der Waals surface area (Å²) in [6.45, 7) is 3.70. The van der Waals surface area contributed by atoms with Crippen molar-refractivity contribution in [3.63, 3.8) is 0 Å². The molecule has 0 radical (unpaired) electrons. The van der Waals surface area contributed by atoms with E-state index in [0.717, 1.165) is 0 Å². The maximum Gasteiger partial charge on any atom is 0.288 e. The third-order valence-corrected chi connectivity index (χ3v) is 4.48. The highest BCUT2D eigenvalue weighted by atomic mass is 35.5. The highest BCUT2D eigenvalue weighted by molar-refractivity contribution is 7.80. The lowest BCUT2D eigenvalue weighted by atomic mass is 10.1. The number of carbonyl (C=O) groups is 2. The van der Waals surface area contributed by atoms with E-state index in [-0.39, 0.29) is 33.7 Å². The van der Waals surface area contributed by atoms with E-state index in [0.29, 0.717) is 11.3 Å². The Hall–Kier alpha value is -3.30. The van der Waals surface area contributed by atoms with Crippen LogP contribution < -0.4 is 5.32 Å². The predicted molar refractivity (Wildman–Crippen MR) is 106 cm³/mol. The van der Waals surface area contributed by atoms with Gasteiger partial charge in [-0.05, 0) is 42.6 Å². The third kappa shape index (κ3) is 3.71.